The van der Waals surface area contributed by atoms with E-state index in [0.717, 1.165) is 16.5 Å². The number of fused-ring (bicyclic) bond motifs is 1. The zero-order valence-corrected chi connectivity index (χ0v) is 18.1. The first kappa shape index (κ1) is 20.4. The van der Waals surface area contributed by atoms with Crippen molar-refractivity contribution in [1.82, 2.24) is 19.0 Å². The highest BCUT2D eigenvalue weighted by molar-refractivity contribution is 7.89. The Morgan fingerprint density at radius 1 is 0.812 bits per heavy atom. The predicted molar refractivity (Wildman–Crippen MR) is 122 cm³/mol. The van der Waals surface area contributed by atoms with Crippen LogP contribution in [0.25, 0.3) is 16.5 Å². The topological polar surface area (TPSA) is 75.5 Å². The Hall–Kier alpha value is -3.49. The van der Waals surface area contributed by atoms with Crippen LogP contribution < -0.4 is 0 Å². The van der Waals surface area contributed by atoms with Crippen molar-refractivity contribution in [2.45, 2.75) is 4.90 Å². The number of sulfonamides is 1. The number of hydrogen-bond donors (Lipinski definition) is 0. The van der Waals surface area contributed by atoms with Crippen molar-refractivity contribution in [2.75, 3.05) is 26.2 Å². The molecule has 5 rings (SSSR count). The van der Waals surface area contributed by atoms with Crippen LogP contribution in [-0.4, -0.2) is 59.5 Å². The maximum atomic E-state index is 13.1. The minimum Gasteiger partial charge on any atom is -0.336 e. The average Bonchev–Trinajstić information content (AvgIpc) is 3.38. The fourth-order valence-electron chi connectivity index (χ4n) is 3.97. The smallest absolute Gasteiger partial charge is 0.253 e. The summed E-state index contributed by atoms with van der Waals surface area (Å²) >= 11 is 0. The average molecular weight is 447 g/mol. The highest BCUT2D eigenvalue weighted by Gasteiger charge is 2.30. The Labute approximate surface area is 186 Å². The molecule has 0 aliphatic carbocycles. The van der Waals surface area contributed by atoms with Gasteiger partial charge in [-0.25, -0.2) is 13.1 Å². The molecule has 0 spiro atoms. The number of hydrogen-bond acceptors (Lipinski definition) is 4. The number of carbonyl (C=O) groups is 1. The van der Waals surface area contributed by atoms with Crippen molar-refractivity contribution in [3.8, 4) is 5.69 Å². The van der Waals surface area contributed by atoms with Crippen LogP contribution >= 0.6 is 0 Å². The molecule has 0 N–H and O–H groups in total. The largest absolute Gasteiger partial charge is 0.336 e. The van der Waals surface area contributed by atoms with Crippen LogP contribution in [-0.2, 0) is 10.0 Å². The van der Waals surface area contributed by atoms with Crippen LogP contribution in [0.5, 0.6) is 0 Å². The van der Waals surface area contributed by atoms with Crippen LogP contribution in [0.4, 0.5) is 0 Å². The van der Waals surface area contributed by atoms with Gasteiger partial charge in [0.05, 0.1) is 10.6 Å². The predicted octanol–water partition coefficient (Wildman–Crippen LogP) is 3.17. The standard InChI is InChI=1S/C24H22N4O3S/c29-24(20-6-9-22(10-7-20)28-13-3-12-25-28)26-14-16-27(17-15-26)32(30,31)23-11-8-19-4-1-2-5-21(19)18-23/h1-13,18H,14-17H2. The summed E-state index contributed by atoms with van der Waals surface area (Å²) in [4.78, 5) is 14.9. The summed E-state index contributed by atoms with van der Waals surface area (Å²) < 4.78 is 29.5. The molecule has 2 heterocycles. The van der Waals surface area contributed by atoms with Crippen molar-refractivity contribution >= 4 is 26.7 Å². The Kier molecular flexibility index (Phi) is 5.24. The monoisotopic (exact) mass is 446 g/mol. The summed E-state index contributed by atoms with van der Waals surface area (Å²) in [7, 11) is -3.61. The van der Waals surface area contributed by atoms with E-state index < -0.39 is 10.0 Å². The van der Waals surface area contributed by atoms with E-state index in [4.69, 9.17) is 0 Å². The molecule has 7 nitrogen and oxygen atoms in total. The van der Waals surface area contributed by atoms with E-state index in [1.807, 2.05) is 54.7 Å². The third-order valence-electron chi connectivity index (χ3n) is 5.77. The SMILES string of the molecule is O=C(c1ccc(-n2cccn2)cc1)N1CCN(S(=O)(=O)c2ccc3ccccc3c2)CC1. The van der Waals surface area contributed by atoms with Gasteiger partial charge in [0, 0.05) is 44.1 Å². The van der Waals surface area contributed by atoms with Crippen LogP contribution in [0.1, 0.15) is 10.4 Å². The van der Waals surface area contributed by atoms with Gasteiger partial charge in [-0.1, -0.05) is 30.3 Å². The molecule has 3 aromatic carbocycles. The minimum atomic E-state index is -3.61. The lowest BCUT2D eigenvalue weighted by molar-refractivity contribution is 0.0698. The number of benzene rings is 3. The van der Waals surface area contributed by atoms with Gasteiger partial charge in [-0.2, -0.15) is 9.40 Å². The lowest BCUT2D eigenvalue weighted by Gasteiger charge is -2.34. The van der Waals surface area contributed by atoms with Gasteiger partial charge in [0.2, 0.25) is 10.0 Å². The summed E-state index contributed by atoms with van der Waals surface area (Å²) in [5, 5.41) is 6.07. The molecule has 1 aliphatic heterocycles. The molecule has 1 fully saturated rings. The second-order valence-electron chi connectivity index (χ2n) is 7.70. The molecule has 1 aliphatic rings. The van der Waals surface area contributed by atoms with Crippen molar-refractivity contribution in [2.24, 2.45) is 0 Å². The zero-order valence-electron chi connectivity index (χ0n) is 17.3. The zero-order chi connectivity index (χ0) is 22.1. The fourth-order valence-corrected chi connectivity index (χ4v) is 5.43. The van der Waals surface area contributed by atoms with Gasteiger partial charge in [-0.05, 0) is 53.2 Å². The van der Waals surface area contributed by atoms with Crippen LogP contribution in [0.15, 0.2) is 90.1 Å². The highest BCUT2D eigenvalue weighted by Crippen LogP contribution is 2.23. The highest BCUT2D eigenvalue weighted by atomic mass is 32.2. The molecule has 4 aromatic rings. The Bertz CT molecular complexity index is 1360. The van der Waals surface area contributed by atoms with E-state index >= 15 is 0 Å². The van der Waals surface area contributed by atoms with Gasteiger partial charge in [0.1, 0.15) is 0 Å². The summed E-state index contributed by atoms with van der Waals surface area (Å²) in [6.07, 6.45) is 3.54. The lowest BCUT2D eigenvalue weighted by atomic mass is 10.1. The van der Waals surface area contributed by atoms with E-state index in [1.165, 1.54) is 4.31 Å². The third-order valence-corrected chi connectivity index (χ3v) is 7.66. The molecule has 0 unspecified atom stereocenters. The molecule has 0 radical (unpaired) electrons. The Balaban J connectivity index is 1.27. The molecule has 0 saturated carbocycles. The van der Waals surface area contributed by atoms with Gasteiger partial charge >= 0.3 is 0 Å². The quantitative estimate of drug-likeness (QED) is 0.483. The summed E-state index contributed by atoms with van der Waals surface area (Å²) in [5.74, 6) is -0.0974. The molecular weight excluding hydrogens is 424 g/mol. The second-order valence-corrected chi connectivity index (χ2v) is 9.64. The lowest BCUT2D eigenvalue weighted by Crippen LogP contribution is -2.50. The first-order chi connectivity index (χ1) is 15.5. The van der Waals surface area contributed by atoms with E-state index in [1.54, 1.807) is 40.0 Å². The van der Waals surface area contributed by atoms with Gasteiger partial charge in [0.15, 0.2) is 0 Å². The van der Waals surface area contributed by atoms with Crippen molar-refractivity contribution in [1.29, 1.82) is 0 Å². The van der Waals surface area contributed by atoms with Crippen LogP contribution in [0.2, 0.25) is 0 Å². The fraction of sp³-hybridized carbons (Fsp3) is 0.167. The van der Waals surface area contributed by atoms with Crippen molar-refractivity contribution < 1.29 is 13.2 Å². The molecule has 1 aromatic heterocycles. The molecule has 0 atom stereocenters. The van der Waals surface area contributed by atoms with E-state index in [0.29, 0.717) is 18.7 Å². The molecule has 0 bridgehead atoms. The van der Waals surface area contributed by atoms with E-state index in [9.17, 15) is 13.2 Å². The molecule has 8 heteroatoms. The number of nitrogens with zero attached hydrogens (tertiary/aromatic N) is 4. The number of amides is 1. The molecule has 1 saturated heterocycles. The molecular formula is C24H22N4O3S. The minimum absolute atomic E-state index is 0.0974. The van der Waals surface area contributed by atoms with Crippen LogP contribution in [0, 0.1) is 0 Å². The van der Waals surface area contributed by atoms with Crippen LogP contribution in [0.3, 0.4) is 0 Å². The molecule has 162 valence electrons. The number of rotatable bonds is 4. The van der Waals surface area contributed by atoms with E-state index in [-0.39, 0.29) is 23.9 Å². The van der Waals surface area contributed by atoms with E-state index in [2.05, 4.69) is 5.10 Å². The van der Waals surface area contributed by atoms with Crippen molar-refractivity contribution in [3.63, 3.8) is 0 Å². The maximum absolute atomic E-state index is 13.1. The molecule has 1 amide bonds. The third kappa shape index (κ3) is 3.79. The Morgan fingerprint density at radius 2 is 1.53 bits per heavy atom. The number of carbonyl (C=O) groups excluding carboxylic acids is 1. The summed E-state index contributed by atoms with van der Waals surface area (Å²) in [6.45, 7) is 1.25. The first-order valence-electron chi connectivity index (χ1n) is 10.4. The first-order valence-corrected chi connectivity index (χ1v) is 11.8. The van der Waals surface area contributed by atoms with Gasteiger partial charge in [-0.3, -0.25) is 4.79 Å². The normalized spacial score (nSPS) is 15.2. The molecule has 32 heavy (non-hydrogen) atoms. The Morgan fingerprint density at radius 3 is 2.22 bits per heavy atom. The number of piperazine rings is 1. The van der Waals surface area contributed by atoms with Gasteiger partial charge < -0.3 is 4.90 Å². The van der Waals surface area contributed by atoms with Crippen molar-refractivity contribution in [3.05, 3.63) is 90.8 Å². The summed E-state index contributed by atoms with van der Waals surface area (Å²) in [6, 6.07) is 22.0. The number of aromatic nitrogens is 2. The maximum Gasteiger partial charge on any atom is 0.253 e. The summed E-state index contributed by atoms with van der Waals surface area (Å²) in [5.41, 5.74) is 1.45. The van der Waals surface area contributed by atoms with Gasteiger partial charge in [-0.15, -0.1) is 0 Å². The van der Waals surface area contributed by atoms with Gasteiger partial charge in [0.25, 0.3) is 5.91 Å². The second kappa shape index (κ2) is 8.22.